The number of hydrogen-bond donors (Lipinski definition) is 0. The number of aromatic nitrogens is 2. The van der Waals surface area contributed by atoms with Gasteiger partial charge in [0.25, 0.3) is 0 Å². The van der Waals surface area contributed by atoms with Crippen LogP contribution in [0, 0.1) is 6.92 Å². The van der Waals surface area contributed by atoms with Gasteiger partial charge in [0, 0.05) is 28.3 Å². The number of aryl methyl sites for hydroxylation is 2. The number of thiophene rings is 1. The normalized spacial score (nSPS) is 11.4. The molecule has 0 spiro atoms. The van der Waals surface area contributed by atoms with Gasteiger partial charge in [-0.1, -0.05) is 35.5 Å². The fraction of sp³-hybridized carbons (Fsp3) is 0.273. The number of hydrogen-bond acceptors (Lipinski definition) is 6. The van der Waals surface area contributed by atoms with E-state index < -0.39 is 0 Å². The molecule has 0 bridgehead atoms. The molecule has 6 heteroatoms. The molecule has 0 aliphatic carbocycles. The zero-order chi connectivity index (χ0) is 19.2. The maximum absolute atomic E-state index is 5.54. The Morgan fingerprint density at radius 2 is 1.89 bits per heavy atom. The maximum Gasteiger partial charge on any atom is 0.227 e. The standard InChI is InChI=1S/C22H23N3O2S/c1-17-11-12-20(28-17)16-25(15-19-9-6-14-26-19)13-5-10-21-23-22(24-27-21)18-7-3-2-4-8-18/h2-4,6-9,11-12,14H,5,10,13,15-16H2,1H3. The lowest BCUT2D eigenvalue weighted by molar-refractivity contribution is 0.231. The average Bonchev–Trinajstić information content (AvgIpc) is 3.45. The van der Waals surface area contributed by atoms with E-state index in [1.807, 2.05) is 53.8 Å². The van der Waals surface area contributed by atoms with Crippen LogP contribution in [-0.2, 0) is 19.5 Å². The van der Waals surface area contributed by atoms with Crippen LogP contribution in [0.15, 0.2) is 69.8 Å². The molecule has 0 N–H and O–H groups in total. The number of furan rings is 1. The summed E-state index contributed by atoms with van der Waals surface area (Å²) in [6.07, 6.45) is 3.44. The molecule has 0 amide bonds. The molecule has 0 fully saturated rings. The summed E-state index contributed by atoms with van der Waals surface area (Å²) in [5, 5.41) is 4.10. The van der Waals surface area contributed by atoms with E-state index in [1.54, 1.807) is 6.26 Å². The van der Waals surface area contributed by atoms with Crippen LogP contribution in [0.25, 0.3) is 11.4 Å². The summed E-state index contributed by atoms with van der Waals surface area (Å²) in [6, 6.07) is 18.3. The molecule has 0 saturated carbocycles. The Morgan fingerprint density at radius 3 is 2.64 bits per heavy atom. The van der Waals surface area contributed by atoms with Gasteiger partial charge in [-0.25, -0.2) is 0 Å². The largest absolute Gasteiger partial charge is 0.468 e. The van der Waals surface area contributed by atoms with E-state index in [-0.39, 0.29) is 0 Å². The van der Waals surface area contributed by atoms with Gasteiger partial charge in [-0.3, -0.25) is 4.90 Å². The lowest BCUT2D eigenvalue weighted by atomic mass is 10.2. The Balaban J connectivity index is 1.35. The minimum absolute atomic E-state index is 0.650. The number of rotatable bonds is 9. The second kappa shape index (κ2) is 8.99. The Hall–Kier alpha value is -2.70. The second-order valence-electron chi connectivity index (χ2n) is 6.78. The van der Waals surface area contributed by atoms with Gasteiger partial charge in [0.2, 0.25) is 11.7 Å². The van der Waals surface area contributed by atoms with E-state index in [0.29, 0.717) is 11.7 Å². The first-order chi connectivity index (χ1) is 13.8. The SMILES string of the molecule is Cc1ccc(CN(CCCc2nc(-c3ccccc3)no2)Cc2ccco2)s1. The zero-order valence-electron chi connectivity index (χ0n) is 15.9. The van der Waals surface area contributed by atoms with E-state index in [2.05, 4.69) is 34.1 Å². The van der Waals surface area contributed by atoms with E-state index in [0.717, 1.165) is 43.8 Å². The summed E-state index contributed by atoms with van der Waals surface area (Å²) >= 11 is 1.85. The highest BCUT2D eigenvalue weighted by Gasteiger charge is 2.12. The minimum atomic E-state index is 0.650. The number of nitrogens with zero attached hydrogens (tertiary/aromatic N) is 3. The molecule has 1 aromatic carbocycles. The molecule has 3 heterocycles. The summed E-state index contributed by atoms with van der Waals surface area (Å²) in [7, 11) is 0. The fourth-order valence-corrected chi connectivity index (χ4v) is 4.08. The molecule has 0 aliphatic heterocycles. The molecule has 5 nitrogen and oxygen atoms in total. The third-order valence-electron chi connectivity index (χ3n) is 4.50. The topological polar surface area (TPSA) is 55.3 Å². The zero-order valence-corrected chi connectivity index (χ0v) is 16.7. The first kappa shape index (κ1) is 18.7. The van der Waals surface area contributed by atoms with Crippen LogP contribution >= 0.6 is 11.3 Å². The van der Waals surface area contributed by atoms with Gasteiger partial charge in [0.05, 0.1) is 12.8 Å². The lowest BCUT2D eigenvalue weighted by Crippen LogP contribution is -2.23. The Morgan fingerprint density at radius 1 is 1.00 bits per heavy atom. The Kier molecular flexibility index (Phi) is 5.99. The highest BCUT2D eigenvalue weighted by atomic mass is 32.1. The van der Waals surface area contributed by atoms with E-state index in [1.165, 1.54) is 9.75 Å². The summed E-state index contributed by atoms with van der Waals surface area (Å²) in [5.74, 6) is 2.32. The van der Waals surface area contributed by atoms with Crippen LogP contribution in [0.1, 0.15) is 27.8 Å². The van der Waals surface area contributed by atoms with E-state index in [4.69, 9.17) is 8.94 Å². The molecule has 0 unspecified atom stereocenters. The van der Waals surface area contributed by atoms with Crippen molar-refractivity contribution in [1.29, 1.82) is 0 Å². The molecule has 0 saturated heterocycles. The molecule has 0 aliphatic rings. The second-order valence-corrected chi connectivity index (χ2v) is 8.16. The Bertz CT molecular complexity index is 976. The molecule has 4 rings (SSSR count). The van der Waals surface area contributed by atoms with Gasteiger partial charge in [0.15, 0.2) is 0 Å². The minimum Gasteiger partial charge on any atom is -0.468 e. The first-order valence-electron chi connectivity index (χ1n) is 9.44. The monoisotopic (exact) mass is 393 g/mol. The fourth-order valence-electron chi connectivity index (χ4n) is 3.14. The first-order valence-corrected chi connectivity index (χ1v) is 10.3. The van der Waals surface area contributed by atoms with Crippen molar-refractivity contribution >= 4 is 11.3 Å². The highest BCUT2D eigenvalue weighted by Crippen LogP contribution is 2.20. The molecule has 3 aromatic heterocycles. The maximum atomic E-state index is 5.54. The van der Waals surface area contributed by atoms with Crippen LogP contribution in [0.2, 0.25) is 0 Å². The molecular formula is C22H23N3O2S. The van der Waals surface area contributed by atoms with Gasteiger partial charge >= 0.3 is 0 Å². The van der Waals surface area contributed by atoms with Gasteiger partial charge in [-0.05, 0) is 44.2 Å². The molecule has 0 atom stereocenters. The van der Waals surface area contributed by atoms with Crippen molar-refractivity contribution in [2.75, 3.05) is 6.54 Å². The molecule has 0 radical (unpaired) electrons. The predicted octanol–water partition coefficient (Wildman–Crippen LogP) is 5.33. The molecule has 28 heavy (non-hydrogen) atoms. The van der Waals surface area contributed by atoms with Gasteiger partial charge in [-0.2, -0.15) is 4.98 Å². The van der Waals surface area contributed by atoms with Crippen molar-refractivity contribution in [3.05, 3.63) is 82.3 Å². The summed E-state index contributed by atoms with van der Waals surface area (Å²) in [5.41, 5.74) is 0.977. The summed E-state index contributed by atoms with van der Waals surface area (Å²) < 4.78 is 11.0. The van der Waals surface area contributed by atoms with Crippen molar-refractivity contribution in [3.8, 4) is 11.4 Å². The van der Waals surface area contributed by atoms with Gasteiger partial charge < -0.3 is 8.94 Å². The van der Waals surface area contributed by atoms with Crippen LogP contribution in [-0.4, -0.2) is 21.6 Å². The van der Waals surface area contributed by atoms with Crippen LogP contribution in [0.3, 0.4) is 0 Å². The molecular weight excluding hydrogens is 370 g/mol. The van der Waals surface area contributed by atoms with E-state index >= 15 is 0 Å². The summed E-state index contributed by atoms with van der Waals surface area (Å²) in [4.78, 5) is 9.64. The Labute approximate surface area is 168 Å². The van der Waals surface area contributed by atoms with Crippen LogP contribution in [0.5, 0.6) is 0 Å². The number of benzene rings is 1. The van der Waals surface area contributed by atoms with Gasteiger partial charge in [-0.15, -0.1) is 11.3 Å². The van der Waals surface area contributed by atoms with Crippen molar-refractivity contribution in [1.82, 2.24) is 15.0 Å². The molecule has 4 aromatic rings. The smallest absolute Gasteiger partial charge is 0.227 e. The van der Waals surface area contributed by atoms with Crippen molar-refractivity contribution in [3.63, 3.8) is 0 Å². The highest BCUT2D eigenvalue weighted by molar-refractivity contribution is 7.11. The van der Waals surface area contributed by atoms with Crippen molar-refractivity contribution in [2.45, 2.75) is 32.9 Å². The van der Waals surface area contributed by atoms with Gasteiger partial charge in [0.1, 0.15) is 5.76 Å². The third kappa shape index (κ3) is 4.97. The van der Waals surface area contributed by atoms with Crippen LogP contribution < -0.4 is 0 Å². The quantitative estimate of drug-likeness (QED) is 0.384. The van der Waals surface area contributed by atoms with Crippen molar-refractivity contribution < 1.29 is 8.94 Å². The van der Waals surface area contributed by atoms with E-state index in [9.17, 15) is 0 Å². The summed E-state index contributed by atoms with van der Waals surface area (Å²) in [6.45, 7) is 4.78. The van der Waals surface area contributed by atoms with Crippen molar-refractivity contribution in [2.24, 2.45) is 0 Å². The third-order valence-corrected chi connectivity index (χ3v) is 5.49. The average molecular weight is 394 g/mol. The van der Waals surface area contributed by atoms with Crippen LogP contribution in [0.4, 0.5) is 0 Å². The predicted molar refractivity (Wildman–Crippen MR) is 110 cm³/mol. The molecule has 144 valence electrons. The lowest BCUT2D eigenvalue weighted by Gasteiger charge is -2.20.